The zero-order valence-corrected chi connectivity index (χ0v) is 38.4. The van der Waals surface area contributed by atoms with Gasteiger partial charge in [0.15, 0.2) is 5.58 Å². The molecule has 3 nitrogen and oxygen atoms in total. The van der Waals surface area contributed by atoms with Crippen LogP contribution in [0.25, 0.3) is 75.7 Å². The molecule has 5 heteroatoms. The minimum atomic E-state index is -0.0571. The molecule has 2 aliphatic carbocycles. The zero-order valence-electron chi connectivity index (χ0n) is 37.6. The summed E-state index contributed by atoms with van der Waals surface area (Å²) in [5.41, 5.74) is 18.5. The van der Waals surface area contributed by atoms with Crippen molar-refractivity contribution >= 4 is 110 Å². The van der Waals surface area contributed by atoms with Crippen molar-refractivity contribution in [3.8, 4) is 11.1 Å². The van der Waals surface area contributed by atoms with Crippen LogP contribution in [0.15, 0.2) is 120 Å². The van der Waals surface area contributed by atoms with Crippen molar-refractivity contribution in [1.29, 1.82) is 0 Å². The standard InChI is InChI=1S/C58H51BN2OS/c1-55(2)24-25-56(3,4)42-28-33(21-22-41(42)55)60-51-40-30-43-44(58(7,8)27-26-57(43,5)6)31-47(40)63-54(51)59-49-38(29-39-35-16-11-12-19-46(35)62-53(39)52(49)60)36-17-13-18-37-48-34-15-10-9-14-32(34)20-23-45(48)61(59)50(36)37/h9-23,28-31H,24-27H2,1-8H3. The lowest BCUT2D eigenvalue weighted by atomic mass is 9.48. The van der Waals surface area contributed by atoms with Gasteiger partial charge in [0.05, 0.1) is 11.4 Å². The van der Waals surface area contributed by atoms with Crippen LogP contribution in [0.5, 0.6) is 0 Å². The van der Waals surface area contributed by atoms with Crippen LogP contribution in [0.3, 0.4) is 0 Å². The van der Waals surface area contributed by atoms with E-state index < -0.39 is 0 Å². The number of rotatable bonds is 1. The third-order valence-electron chi connectivity index (χ3n) is 16.7. The Bertz CT molecular complexity index is 3720. The lowest BCUT2D eigenvalue weighted by Crippen LogP contribution is -2.55. The Morgan fingerprint density at radius 2 is 1.21 bits per heavy atom. The van der Waals surface area contributed by atoms with Gasteiger partial charge in [0.25, 0.3) is 0 Å². The van der Waals surface area contributed by atoms with Gasteiger partial charge in [-0.05, 0) is 134 Å². The van der Waals surface area contributed by atoms with E-state index >= 15 is 0 Å². The average molecular weight is 835 g/mol. The molecule has 0 saturated heterocycles. The summed E-state index contributed by atoms with van der Waals surface area (Å²) in [5.74, 6) is 0. The molecule has 0 radical (unpaired) electrons. The molecule has 0 saturated carbocycles. The van der Waals surface area contributed by atoms with E-state index in [0.717, 1.165) is 11.2 Å². The Labute approximate surface area is 373 Å². The summed E-state index contributed by atoms with van der Waals surface area (Å²) in [4.78, 5) is 2.69. The van der Waals surface area contributed by atoms with Gasteiger partial charge in [-0.1, -0.05) is 128 Å². The van der Waals surface area contributed by atoms with Crippen LogP contribution in [-0.2, 0) is 21.7 Å². The highest BCUT2D eigenvalue weighted by Gasteiger charge is 2.48. The summed E-state index contributed by atoms with van der Waals surface area (Å²) in [6.45, 7) is 19.6. The first-order chi connectivity index (χ1) is 30.2. The van der Waals surface area contributed by atoms with Crippen molar-refractivity contribution < 1.29 is 4.42 Å². The van der Waals surface area contributed by atoms with Gasteiger partial charge in [-0.15, -0.1) is 11.3 Å². The zero-order chi connectivity index (χ0) is 42.7. The summed E-state index contributed by atoms with van der Waals surface area (Å²) >= 11 is 2.03. The van der Waals surface area contributed by atoms with Crippen LogP contribution in [0.4, 0.5) is 17.1 Å². The third-order valence-corrected chi connectivity index (χ3v) is 17.9. The number of benzene rings is 7. The van der Waals surface area contributed by atoms with Crippen molar-refractivity contribution in [3.63, 3.8) is 0 Å². The molecule has 63 heavy (non-hydrogen) atoms. The first-order valence-corrected chi connectivity index (χ1v) is 24.0. The fourth-order valence-electron chi connectivity index (χ4n) is 13.0. The summed E-state index contributed by atoms with van der Waals surface area (Å²) in [7, 11) is 0. The molecule has 308 valence electrons. The number of furan rings is 1. The van der Waals surface area contributed by atoms with E-state index in [2.05, 4.69) is 180 Å². The van der Waals surface area contributed by atoms with Crippen molar-refractivity contribution in [2.24, 2.45) is 0 Å². The summed E-state index contributed by atoms with van der Waals surface area (Å²) in [5, 5.41) is 8.96. The normalized spacial score (nSPS) is 18.7. The first kappa shape index (κ1) is 36.7. The predicted molar refractivity (Wildman–Crippen MR) is 271 cm³/mol. The second-order valence-corrected chi connectivity index (χ2v) is 23.2. The largest absolute Gasteiger partial charge is 0.454 e. The van der Waals surface area contributed by atoms with Gasteiger partial charge in [0, 0.05) is 58.7 Å². The number of aromatic nitrogens is 1. The fraction of sp³-hybridized carbons (Fsp3) is 0.276. The molecule has 5 heterocycles. The Balaban J connectivity index is 1.20. The lowest BCUT2D eigenvalue weighted by molar-refractivity contribution is 0.332. The Morgan fingerprint density at radius 1 is 0.540 bits per heavy atom. The maximum atomic E-state index is 7.26. The molecule has 10 aromatic rings. The van der Waals surface area contributed by atoms with Crippen LogP contribution in [0.1, 0.15) is 103 Å². The van der Waals surface area contributed by atoms with E-state index in [1.807, 2.05) is 11.3 Å². The molecular weight excluding hydrogens is 784 g/mol. The van der Waals surface area contributed by atoms with Gasteiger partial charge in [-0.25, -0.2) is 0 Å². The molecule has 0 amide bonds. The SMILES string of the molecule is CC1(C)CCC(C)(C)c2cc(N3c4c(sc5cc6c(cc45)C(C)(C)CCC6(C)C)B4c5c(cc6c(oc7ccccc76)c53)-c3cccc5c6c7ccccc7ccc6n4c35)ccc21. The van der Waals surface area contributed by atoms with E-state index in [-0.39, 0.29) is 28.5 Å². The smallest absolute Gasteiger partial charge is 0.343 e. The number of hydrogen-bond donors (Lipinski definition) is 0. The van der Waals surface area contributed by atoms with Crippen LogP contribution >= 0.6 is 11.3 Å². The van der Waals surface area contributed by atoms with Gasteiger partial charge in [-0.2, -0.15) is 0 Å². The molecule has 0 fully saturated rings. The maximum absolute atomic E-state index is 7.26. The highest BCUT2D eigenvalue weighted by Crippen LogP contribution is 2.56. The molecule has 0 atom stereocenters. The summed E-state index contributed by atoms with van der Waals surface area (Å²) < 4.78 is 12.8. The molecule has 14 rings (SSSR count). The molecule has 0 spiro atoms. The highest BCUT2D eigenvalue weighted by molar-refractivity contribution is 7.32. The summed E-state index contributed by atoms with van der Waals surface area (Å²) in [6.07, 6.45) is 4.72. The van der Waals surface area contributed by atoms with Crippen molar-refractivity contribution in [2.75, 3.05) is 4.90 Å². The highest BCUT2D eigenvalue weighted by atomic mass is 32.1. The molecule has 0 unspecified atom stereocenters. The predicted octanol–water partition coefficient (Wildman–Crippen LogP) is 15.2. The molecule has 0 N–H and O–H groups in total. The fourth-order valence-corrected chi connectivity index (χ4v) is 14.3. The lowest BCUT2D eigenvalue weighted by Gasteiger charge is -2.43. The number of anilines is 3. The number of fused-ring (bicyclic) bond motifs is 17. The van der Waals surface area contributed by atoms with Gasteiger partial charge in [-0.3, -0.25) is 0 Å². The van der Waals surface area contributed by atoms with Crippen LogP contribution in [0.2, 0.25) is 0 Å². The van der Waals surface area contributed by atoms with E-state index in [1.165, 1.54) is 140 Å². The van der Waals surface area contributed by atoms with E-state index in [1.54, 1.807) is 0 Å². The second-order valence-electron chi connectivity index (χ2n) is 22.1. The third kappa shape index (κ3) is 4.57. The average Bonchev–Trinajstić information content (AvgIpc) is 3.95. The Kier molecular flexibility index (Phi) is 6.79. The number of hydrogen-bond acceptors (Lipinski definition) is 3. The van der Waals surface area contributed by atoms with Crippen molar-refractivity contribution in [3.05, 3.63) is 138 Å². The maximum Gasteiger partial charge on any atom is 0.343 e. The Morgan fingerprint density at radius 3 is 1.98 bits per heavy atom. The van der Waals surface area contributed by atoms with Crippen LogP contribution in [0, 0.1) is 0 Å². The van der Waals surface area contributed by atoms with Gasteiger partial charge in [0.2, 0.25) is 0 Å². The molecule has 4 aliphatic rings. The van der Waals surface area contributed by atoms with E-state index in [9.17, 15) is 0 Å². The second kappa shape index (κ2) is 11.7. The Hall–Kier alpha value is -5.78. The number of para-hydroxylation sites is 2. The van der Waals surface area contributed by atoms with Crippen LogP contribution < -0.4 is 15.1 Å². The van der Waals surface area contributed by atoms with E-state index in [4.69, 9.17) is 4.42 Å². The minimum Gasteiger partial charge on any atom is -0.454 e. The van der Waals surface area contributed by atoms with Crippen molar-refractivity contribution in [2.45, 2.75) is 103 Å². The van der Waals surface area contributed by atoms with Gasteiger partial charge >= 0.3 is 6.85 Å². The van der Waals surface area contributed by atoms with Gasteiger partial charge < -0.3 is 13.8 Å². The van der Waals surface area contributed by atoms with Crippen molar-refractivity contribution in [1.82, 2.24) is 4.48 Å². The van der Waals surface area contributed by atoms with E-state index in [0.29, 0.717) is 0 Å². The minimum absolute atomic E-state index is 0.0512. The molecule has 3 aromatic heterocycles. The molecular formula is C58H51BN2OS. The molecule has 0 bridgehead atoms. The van der Waals surface area contributed by atoms with Gasteiger partial charge in [0.1, 0.15) is 5.58 Å². The summed E-state index contributed by atoms with van der Waals surface area (Å²) in [6, 6.07) is 44.7. The van der Waals surface area contributed by atoms with Crippen LogP contribution in [-0.4, -0.2) is 11.3 Å². The molecule has 2 aliphatic heterocycles. The first-order valence-electron chi connectivity index (χ1n) is 23.2. The number of nitrogens with zero attached hydrogens (tertiary/aromatic N) is 2. The monoisotopic (exact) mass is 834 g/mol. The topological polar surface area (TPSA) is 21.3 Å². The molecule has 7 aromatic carbocycles. The number of thiophene rings is 1. The quantitative estimate of drug-likeness (QED) is 0.154.